The number of hydrogen-bond donors (Lipinski definition) is 1. The predicted octanol–water partition coefficient (Wildman–Crippen LogP) is 1.46. The molecule has 1 aliphatic heterocycles. The highest BCUT2D eigenvalue weighted by molar-refractivity contribution is 8.13. The molecule has 1 unspecified atom stereocenters. The zero-order chi connectivity index (χ0) is 15.7. The van der Waals surface area contributed by atoms with Crippen molar-refractivity contribution in [3.05, 3.63) is 24.3 Å². The van der Waals surface area contributed by atoms with Gasteiger partial charge in [0.1, 0.15) is 0 Å². The van der Waals surface area contributed by atoms with Crippen molar-refractivity contribution >= 4 is 29.8 Å². The Bertz CT molecular complexity index is 707. The molecule has 0 amide bonds. The highest BCUT2D eigenvalue weighted by Crippen LogP contribution is 2.23. The van der Waals surface area contributed by atoms with Crippen LogP contribution in [0, 0.1) is 0 Å². The van der Waals surface area contributed by atoms with Gasteiger partial charge in [0, 0.05) is 17.3 Å². The Morgan fingerprint density at radius 2 is 1.71 bits per heavy atom. The van der Waals surface area contributed by atoms with Crippen molar-refractivity contribution in [2.75, 3.05) is 13.2 Å². The van der Waals surface area contributed by atoms with Crippen LogP contribution in [0.1, 0.15) is 19.8 Å². The molecule has 1 saturated heterocycles. The summed E-state index contributed by atoms with van der Waals surface area (Å²) < 4.78 is 54.8. The molecule has 0 aromatic heterocycles. The third-order valence-corrected chi connectivity index (χ3v) is 6.26. The number of benzene rings is 1. The third-order valence-electron chi connectivity index (χ3n) is 3.23. The summed E-state index contributed by atoms with van der Waals surface area (Å²) >= 11 is 0. The molecule has 0 saturated carbocycles. The van der Waals surface area contributed by atoms with Gasteiger partial charge in [-0.25, -0.2) is 21.6 Å². The second kappa shape index (κ2) is 5.85. The Morgan fingerprint density at radius 3 is 2.19 bits per heavy atom. The molecule has 1 heterocycles. The summed E-state index contributed by atoms with van der Waals surface area (Å²) in [4.78, 5) is -0.159. The summed E-state index contributed by atoms with van der Waals surface area (Å²) in [6.45, 7) is 2.71. The van der Waals surface area contributed by atoms with Gasteiger partial charge in [-0.2, -0.15) is 0 Å². The van der Waals surface area contributed by atoms with Gasteiger partial charge in [0.05, 0.1) is 21.9 Å². The van der Waals surface area contributed by atoms with Crippen molar-refractivity contribution in [1.82, 2.24) is 4.72 Å². The van der Waals surface area contributed by atoms with Gasteiger partial charge in [-0.1, -0.05) is 0 Å². The van der Waals surface area contributed by atoms with Crippen LogP contribution in [0.3, 0.4) is 0 Å². The minimum atomic E-state index is -3.87. The first-order chi connectivity index (χ1) is 9.62. The van der Waals surface area contributed by atoms with Crippen LogP contribution >= 0.6 is 10.7 Å². The van der Waals surface area contributed by atoms with E-state index in [0.29, 0.717) is 19.6 Å². The van der Waals surface area contributed by atoms with Crippen molar-refractivity contribution < 1.29 is 21.6 Å². The molecule has 0 bridgehead atoms. The molecular formula is C12H16ClNO5S2. The van der Waals surface area contributed by atoms with Crippen LogP contribution in [-0.2, 0) is 23.8 Å². The van der Waals surface area contributed by atoms with E-state index in [1.54, 1.807) is 6.92 Å². The van der Waals surface area contributed by atoms with Crippen LogP contribution < -0.4 is 4.72 Å². The van der Waals surface area contributed by atoms with Crippen LogP contribution in [-0.4, -0.2) is 35.6 Å². The summed E-state index contributed by atoms with van der Waals surface area (Å²) in [7, 11) is -2.42. The number of hydrogen-bond acceptors (Lipinski definition) is 5. The molecule has 6 nitrogen and oxygen atoms in total. The second-order valence-corrected chi connectivity index (χ2v) is 9.48. The van der Waals surface area contributed by atoms with Gasteiger partial charge in [0.25, 0.3) is 9.05 Å². The fourth-order valence-electron chi connectivity index (χ4n) is 2.18. The van der Waals surface area contributed by atoms with Gasteiger partial charge in [-0.05, 0) is 44.0 Å². The molecular weight excluding hydrogens is 338 g/mol. The first-order valence-electron chi connectivity index (χ1n) is 6.29. The van der Waals surface area contributed by atoms with E-state index in [0.717, 1.165) is 18.6 Å². The maximum absolute atomic E-state index is 12.3. The molecule has 1 atom stereocenters. The molecule has 1 aliphatic rings. The molecule has 118 valence electrons. The summed E-state index contributed by atoms with van der Waals surface area (Å²) in [5.41, 5.74) is -0.658. The Kier molecular flexibility index (Phi) is 4.65. The lowest BCUT2D eigenvalue weighted by Crippen LogP contribution is -2.51. The average molecular weight is 354 g/mol. The molecule has 1 aromatic rings. The monoisotopic (exact) mass is 353 g/mol. The lowest BCUT2D eigenvalue weighted by Gasteiger charge is -2.33. The second-order valence-electron chi connectivity index (χ2n) is 5.23. The largest absolute Gasteiger partial charge is 0.380 e. The highest BCUT2D eigenvalue weighted by atomic mass is 35.7. The van der Waals surface area contributed by atoms with Crippen molar-refractivity contribution in [3.63, 3.8) is 0 Å². The van der Waals surface area contributed by atoms with Crippen molar-refractivity contribution in [3.8, 4) is 0 Å². The fraction of sp³-hybridized carbons (Fsp3) is 0.500. The van der Waals surface area contributed by atoms with E-state index < -0.39 is 24.6 Å². The van der Waals surface area contributed by atoms with E-state index in [2.05, 4.69) is 4.72 Å². The summed E-state index contributed by atoms with van der Waals surface area (Å²) in [5, 5.41) is 0. The molecule has 1 N–H and O–H groups in total. The van der Waals surface area contributed by atoms with Gasteiger partial charge in [0.2, 0.25) is 10.0 Å². The van der Waals surface area contributed by atoms with Gasteiger partial charge in [0.15, 0.2) is 0 Å². The lowest BCUT2D eigenvalue weighted by atomic mass is 9.97. The van der Waals surface area contributed by atoms with Crippen molar-refractivity contribution in [2.24, 2.45) is 0 Å². The molecule has 9 heteroatoms. The maximum atomic E-state index is 12.3. The Morgan fingerprint density at radius 1 is 1.14 bits per heavy atom. The zero-order valence-electron chi connectivity index (χ0n) is 11.4. The standard InChI is InChI=1S/C12H16ClNO5S2/c1-12(7-2-8-19-9-12)14-21(17,18)11-5-3-10(4-6-11)20(13,15)16/h3-6,14H,2,7-9H2,1H3. The van der Waals surface area contributed by atoms with Crippen LogP contribution in [0.5, 0.6) is 0 Å². The van der Waals surface area contributed by atoms with Gasteiger partial charge >= 0.3 is 0 Å². The highest BCUT2D eigenvalue weighted by Gasteiger charge is 2.33. The first kappa shape index (κ1) is 16.7. The molecule has 1 aromatic carbocycles. The van der Waals surface area contributed by atoms with Crippen LogP contribution in [0.4, 0.5) is 0 Å². The Balaban J connectivity index is 2.23. The maximum Gasteiger partial charge on any atom is 0.261 e. The summed E-state index contributed by atoms with van der Waals surface area (Å²) in [6, 6.07) is 4.75. The quantitative estimate of drug-likeness (QED) is 0.828. The van der Waals surface area contributed by atoms with Gasteiger partial charge in [-0.15, -0.1) is 0 Å². The molecule has 0 spiro atoms. The normalized spacial score (nSPS) is 23.9. The number of rotatable bonds is 4. The smallest absolute Gasteiger partial charge is 0.261 e. The number of nitrogens with one attached hydrogen (secondary N) is 1. The predicted molar refractivity (Wildman–Crippen MR) is 78.3 cm³/mol. The minimum Gasteiger partial charge on any atom is -0.380 e. The van der Waals surface area contributed by atoms with E-state index in [-0.39, 0.29) is 9.79 Å². The minimum absolute atomic E-state index is 0.0154. The van der Waals surface area contributed by atoms with E-state index in [9.17, 15) is 16.8 Å². The first-order valence-corrected chi connectivity index (χ1v) is 10.1. The molecule has 1 fully saturated rings. The lowest BCUT2D eigenvalue weighted by molar-refractivity contribution is 0.0386. The zero-order valence-corrected chi connectivity index (χ0v) is 13.8. The van der Waals surface area contributed by atoms with E-state index in [1.807, 2.05) is 0 Å². The number of ether oxygens (including phenoxy) is 1. The molecule has 0 aliphatic carbocycles. The Hall–Kier alpha value is -0.670. The van der Waals surface area contributed by atoms with Crippen LogP contribution in [0.2, 0.25) is 0 Å². The number of sulfonamides is 1. The number of halogens is 1. The van der Waals surface area contributed by atoms with E-state index >= 15 is 0 Å². The van der Waals surface area contributed by atoms with E-state index in [4.69, 9.17) is 15.4 Å². The van der Waals surface area contributed by atoms with Crippen molar-refractivity contribution in [1.29, 1.82) is 0 Å². The van der Waals surface area contributed by atoms with E-state index in [1.165, 1.54) is 12.1 Å². The molecule has 0 radical (unpaired) electrons. The summed E-state index contributed by atoms with van der Waals surface area (Å²) in [5.74, 6) is 0. The summed E-state index contributed by atoms with van der Waals surface area (Å²) in [6.07, 6.45) is 1.46. The van der Waals surface area contributed by atoms with Crippen LogP contribution in [0.25, 0.3) is 0 Å². The van der Waals surface area contributed by atoms with Crippen LogP contribution in [0.15, 0.2) is 34.1 Å². The molecule has 2 rings (SSSR count). The fourth-order valence-corrected chi connectivity index (χ4v) is 4.37. The third kappa shape index (κ3) is 4.17. The SMILES string of the molecule is CC1(NS(=O)(=O)c2ccc(S(=O)(=O)Cl)cc2)CCCOC1. The molecule has 21 heavy (non-hydrogen) atoms. The van der Waals surface area contributed by atoms with Gasteiger partial charge < -0.3 is 4.74 Å². The Labute approximate surface area is 128 Å². The average Bonchev–Trinajstić information content (AvgIpc) is 2.37. The topological polar surface area (TPSA) is 89.5 Å². The van der Waals surface area contributed by atoms with Gasteiger partial charge in [-0.3, -0.25) is 0 Å². The van der Waals surface area contributed by atoms with Crippen molar-refractivity contribution in [2.45, 2.75) is 35.1 Å².